The minimum absolute atomic E-state index is 0.144. The highest BCUT2D eigenvalue weighted by Crippen LogP contribution is 2.65. The number of aliphatic hydroxyl groups is 1. The number of ether oxygens (including phenoxy) is 1. The van der Waals surface area contributed by atoms with Crippen LogP contribution in [-0.4, -0.2) is 69.3 Å². The summed E-state index contributed by atoms with van der Waals surface area (Å²) in [6.07, 6.45) is 2.51. The van der Waals surface area contributed by atoms with Crippen molar-refractivity contribution >= 4 is 23.5 Å². The highest BCUT2D eigenvalue weighted by molar-refractivity contribution is 6.05. The maximum atomic E-state index is 14.6. The van der Waals surface area contributed by atoms with Crippen molar-refractivity contribution in [2.75, 3.05) is 18.1 Å². The minimum Gasteiger partial charge on any atom is -0.481 e. The number of carboxylic acid groups (broad SMARTS) is 1. The van der Waals surface area contributed by atoms with Gasteiger partial charge >= 0.3 is 5.97 Å². The fraction of sp³-hybridized carbons (Fsp3) is 0.621. The topological polar surface area (TPSA) is 107 Å². The molecule has 1 spiro atoms. The standard InChI is InChI=1S/C29H40N2O6/c1-8-11-30(21-13-17(4)9-10-18(21)5)26(34)24-29-14-19(6)28(7,37-29)23(27(35)36)22(29)25(33)31(24)20(15-32)12-16(2)3/h8-10,13,16,19-20,22-24,32H,1,11-12,14-15H2,2-7H3,(H,35,36)/t19?,20-,22+,23+,24?,28-,29?/m1/s1. The van der Waals surface area contributed by atoms with Gasteiger partial charge in [0.2, 0.25) is 5.91 Å². The monoisotopic (exact) mass is 512 g/mol. The van der Waals surface area contributed by atoms with E-state index in [1.54, 1.807) is 17.9 Å². The normalized spacial score (nSPS) is 33.1. The molecule has 3 aliphatic rings. The maximum absolute atomic E-state index is 14.6. The number of carboxylic acids is 1. The maximum Gasteiger partial charge on any atom is 0.310 e. The third kappa shape index (κ3) is 4.00. The Morgan fingerprint density at radius 2 is 2.00 bits per heavy atom. The summed E-state index contributed by atoms with van der Waals surface area (Å²) >= 11 is 0. The van der Waals surface area contributed by atoms with Gasteiger partial charge in [-0.05, 0) is 62.6 Å². The predicted molar refractivity (Wildman–Crippen MR) is 140 cm³/mol. The van der Waals surface area contributed by atoms with E-state index >= 15 is 0 Å². The zero-order chi connectivity index (χ0) is 27.4. The van der Waals surface area contributed by atoms with E-state index in [2.05, 4.69) is 6.58 Å². The van der Waals surface area contributed by atoms with Crippen LogP contribution in [0, 0.1) is 37.5 Å². The van der Waals surface area contributed by atoms with Crippen LogP contribution in [0.1, 0.15) is 51.7 Å². The van der Waals surface area contributed by atoms with Crippen molar-refractivity contribution in [2.24, 2.45) is 23.7 Å². The number of fused-ring (bicyclic) bond motifs is 1. The average Bonchev–Trinajstić information content (AvgIpc) is 3.34. The number of carbonyl (C=O) groups is 3. The quantitative estimate of drug-likeness (QED) is 0.492. The van der Waals surface area contributed by atoms with Crippen LogP contribution in [0.25, 0.3) is 0 Å². The highest BCUT2D eigenvalue weighted by Gasteiger charge is 2.80. The molecule has 37 heavy (non-hydrogen) atoms. The van der Waals surface area contributed by atoms with Crippen molar-refractivity contribution < 1.29 is 29.3 Å². The molecule has 2 N–H and O–H groups in total. The van der Waals surface area contributed by atoms with Crippen LogP contribution < -0.4 is 4.90 Å². The third-order valence-electron chi connectivity index (χ3n) is 8.83. The van der Waals surface area contributed by atoms with Crippen molar-refractivity contribution in [2.45, 2.75) is 77.7 Å². The van der Waals surface area contributed by atoms with Gasteiger partial charge in [0.1, 0.15) is 17.6 Å². The summed E-state index contributed by atoms with van der Waals surface area (Å²) < 4.78 is 6.61. The predicted octanol–water partition coefficient (Wildman–Crippen LogP) is 3.32. The molecular weight excluding hydrogens is 472 g/mol. The lowest BCUT2D eigenvalue weighted by Gasteiger charge is -2.40. The number of nitrogens with zero attached hydrogens (tertiary/aromatic N) is 2. The molecule has 2 amide bonds. The van der Waals surface area contributed by atoms with Crippen molar-refractivity contribution in [1.29, 1.82) is 0 Å². The zero-order valence-electron chi connectivity index (χ0n) is 22.7. The minimum atomic E-state index is -1.28. The first kappa shape index (κ1) is 27.3. The largest absolute Gasteiger partial charge is 0.481 e. The van der Waals surface area contributed by atoms with Gasteiger partial charge in [-0.1, -0.05) is 39.0 Å². The van der Waals surface area contributed by atoms with Crippen LogP contribution in [0.3, 0.4) is 0 Å². The van der Waals surface area contributed by atoms with E-state index < -0.39 is 47.0 Å². The van der Waals surface area contributed by atoms with Gasteiger partial charge in [0.05, 0.1) is 24.2 Å². The molecular formula is C29H40N2O6. The molecule has 3 saturated heterocycles. The van der Waals surface area contributed by atoms with E-state index in [4.69, 9.17) is 4.74 Å². The van der Waals surface area contributed by atoms with Crippen LogP contribution >= 0.6 is 0 Å². The van der Waals surface area contributed by atoms with Crippen molar-refractivity contribution in [3.8, 4) is 0 Å². The Bertz CT molecular complexity index is 1120. The molecule has 0 saturated carbocycles. The van der Waals surface area contributed by atoms with Crippen molar-refractivity contribution in [3.63, 3.8) is 0 Å². The van der Waals surface area contributed by atoms with E-state index in [0.29, 0.717) is 18.5 Å². The number of aliphatic hydroxyl groups excluding tert-OH is 1. The van der Waals surface area contributed by atoms with E-state index in [1.165, 1.54) is 4.90 Å². The molecule has 8 nitrogen and oxygen atoms in total. The molecule has 3 fully saturated rings. The summed E-state index contributed by atoms with van der Waals surface area (Å²) in [5.41, 5.74) is 0.241. The van der Waals surface area contributed by atoms with Crippen molar-refractivity contribution in [3.05, 3.63) is 42.0 Å². The molecule has 7 atom stereocenters. The molecule has 0 aliphatic carbocycles. The van der Waals surface area contributed by atoms with E-state index in [-0.39, 0.29) is 30.9 Å². The Hall–Kier alpha value is -2.71. The Balaban J connectivity index is 1.91. The van der Waals surface area contributed by atoms with E-state index in [9.17, 15) is 24.6 Å². The number of aliphatic carboxylic acids is 1. The van der Waals surface area contributed by atoms with Gasteiger partial charge in [0.15, 0.2) is 0 Å². The Kier molecular flexibility index (Phi) is 7.05. The molecule has 3 heterocycles. The first-order valence-electron chi connectivity index (χ1n) is 13.2. The first-order valence-corrected chi connectivity index (χ1v) is 13.2. The third-order valence-corrected chi connectivity index (χ3v) is 8.83. The molecule has 0 radical (unpaired) electrons. The number of hydrogen-bond acceptors (Lipinski definition) is 5. The number of likely N-dealkylation sites (tertiary alicyclic amines) is 1. The highest BCUT2D eigenvalue weighted by atomic mass is 16.5. The second-order valence-electron chi connectivity index (χ2n) is 11.8. The molecule has 3 unspecified atom stereocenters. The number of hydrogen-bond donors (Lipinski definition) is 2. The van der Waals surface area contributed by atoms with Gasteiger partial charge < -0.3 is 24.7 Å². The number of benzene rings is 1. The van der Waals surface area contributed by atoms with Gasteiger partial charge in [0, 0.05) is 12.2 Å². The van der Waals surface area contributed by atoms with Gasteiger partial charge in [-0.2, -0.15) is 0 Å². The van der Waals surface area contributed by atoms with E-state index in [0.717, 1.165) is 11.1 Å². The molecule has 1 aromatic rings. The van der Waals surface area contributed by atoms with E-state index in [1.807, 2.05) is 52.8 Å². The Morgan fingerprint density at radius 3 is 2.57 bits per heavy atom. The number of anilines is 1. The lowest BCUT2D eigenvalue weighted by Crippen LogP contribution is -2.59. The molecule has 0 aromatic heterocycles. The Morgan fingerprint density at radius 1 is 1.32 bits per heavy atom. The van der Waals surface area contributed by atoms with Gasteiger partial charge in [-0.25, -0.2) is 0 Å². The zero-order valence-corrected chi connectivity index (χ0v) is 22.7. The number of aryl methyl sites for hydroxylation is 2. The molecule has 202 valence electrons. The number of rotatable bonds is 9. The average molecular weight is 513 g/mol. The molecule has 3 aliphatic heterocycles. The van der Waals surface area contributed by atoms with Gasteiger partial charge in [0.25, 0.3) is 5.91 Å². The smallest absolute Gasteiger partial charge is 0.310 e. The van der Waals surface area contributed by atoms with Crippen molar-refractivity contribution in [1.82, 2.24) is 4.90 Å². The lowest BCUT2D eigenvalue weighted by atomic mass is 9.62. The summed E-state index contributed by atoms with van der Waals surface area (Å²) in [7, 11) is 0. The lowest BCUT2D eigenvalue weighted by molar-refractivity contribution is -0.157. The van der Waals surface area contributed by atoms with Crippen LogP contribution in [0.4, 0.5) is 5.69 Å². The van der Waals surface area contributed by atoms with Crippen LogP contribution in [-0.2, 0) is 19.1 Å². The van der Waals surface area contributed by atoms with Crippen LogP contribution in [0.15, 0.2) is 30.9 Å². The summed E-state index contributed by atoms with van der Waals surface area (Å²) in [4.78, 5) is 44.5. The summed E-state index contributed by atoms with van der Waals surface area (Å²) in [6.45, 7) is 15.3. The Labute approximate surface area is 219 Å². The molecule has 1 aromatic carbocycles. The van der Waals surface area contributed by atoms with Crippen LogP contribution in [0.2, 0.25) is 0 Å². The SMILES string of the molecule is C=CCN(C(=O)C1N([C@@H](CO)CC(C)C)C(=O)[C@@H]2[C@@H](C(=O)O)[C@]3(C)OC12CC3C)c1cc(C)ccc1C. The number of amides is 2. The summed E-state index contributed by atoms with van der Waals surface area (Å²) in [6, 6.07) is 4.16. The second-order valence-corrected chi connectivity index (χ2v) is 11.8. The molecule has 8 heteroatoms. The fourth-order valence-corrected chi connectivity index (χ4v) is 7.14. The second kappa shape index (κ2) is 9.55. The first-order chi connectivity index (χ1) is 17.3. The summed E-state index contributed by atoms with van der Waals surface area (Å²) in [5.74, 6) is -3.94. The summed E-state index contributed by atoms with van der Waals surface area (Å²) in [5, 5.41) is 20.7. The molecule has 2 bridgehead atoms. The number of carbonyl (C=O) groups excluding carboxylic acids is 2. The van der Waals surface area contributed by atoms with Gasteiger partial charge in [-0.3, -0.25) is 14.4 Å². The van der Waals surface area contributed by atoms with Crippen LogP contribution in [0.5, 0.6) is 0 Å². The molecule has 4 rings (SSSR count). The van der Waals surface area contributed by atoms with Gasteiger partial charge in [-0.15, -0.1) is 6.58 Å². The fourth-order valence-electron chi connectivity index (χ4n) is 7.14.